The Kier molecular flexibility index (Phi) is 8.77. The van der Waals surface area contributed by atoms with Crippen molar-refractivity contribution in [1.29, 1.82) is 0 Å². The molecule has 0 unspecified atom stereocenters. The first-order valence-corrected chi connectivity index (χ1v) is 10.6. The average molecular weight is 496 g/mol. The smallest absolute Gasteiger partial charge is 0.340 e. The summed E-state index contributed by atoms with van der Waals surface area (Å²) in [6, 6.07) is -3.09. The Hall–Kier alpha value is -2.25. The molecule has 11 nitrogen and oxygen atoms in total. The summed E-state index contributed by atoms with van der Waals surface area (Å²) in [7, 11) is 0. The van der Waals surface area contributed by atoms with Gasteiger partial charge >= 0.3 is 11.9 Å². The summed E-state index contributed by atoms with van der Waals surface area (Å²) in [5, 5.41) is 32.9. The summed E-state index contributed by atoms with van der Waals surface area (Å²) in [5.41, 5.74) is 5.24. The summed E-state index contributed by atoms with van der Waals surface area (Å²) in [6.45, 7) is -1.41. The Morgan fingerprint density at radius 2 is 2.03 bits per heavy atom. The van der Waals surface area contributed by atoms with Crippen molar-refractivity contribution >= 4 is 58.7 Å². The Bertz CT molecular complexity index is 901. The Labute approximate surface area is 190 Å². The monoisotopic (exact) mass is 495 g/mol. The number of aliphatic carboxylic acids is 1. The Morgan fingerprint density at radius 3 is 2.65 bits per heavy atom. The number of aromatic hydroxyl groups is 1. The molecule has 1 aliphatic heterocycles. The number of aliphatic hydroxyl groups is 1. The molecular formula is C17H19Cl2N3O8S. The predicted molar refractivity (Wildman–Crippen MR) is 111 cm³/mol. The summed E-state index contributed by atoms with van der Waals surface area (Å²) in [4.78, 5) is 48.7. The molecule has 2 amide bonds. The number of phenols is 1. The third kappa shape index (κ3) is 6.14. The molecule has 0 aliphatic carbocycles. The number of hydrogen-bond acceptors (Lipinski definition) is 9. The van der Waals surface area contributed by atoms with E-state index >= 15 is 0 Å². The fraction of sp³-hybridized carbons (Fsp3) is 0.412. The van der Waals surface area contributed by atoms with E-state index in [-0.39, 0.29) is 32.7 Å². The van der Waals surface area contributed by atoms with Gasteiger partial charge in [-0.2, -0.15) is 11.8 Å². The number of nitrogens with one attached hydrogen (secondary N) is 2. The van der Waals surface area contributed by atoms with E-state index in [4.69, 9.17) is 38.8 Å². The molecule has 3 atom stereocenters. The zero-order valence-corrected chi connectivity index (χ0v) is 18.1. The van der Waals surface area contributed by atoms with E-state index in [1.165, 1.54) is 0 Å². The summed E-state index contributed by atoms with van der Waals surface area (Å²) >= 11 is 13.0. The van der Waals surface area contributed by atoms with E-state index < -0.39 is 60.8 Å². The number of benzene rings is 1. The van der Waals surface area contributed by atoms with Gasteiger partial charge in [-0.15, -0.1) is 0 Å². The lowest BCUT2D eigenvalue weighted by molar-refractivity contribution is -0.141. The van der Waals surface area contributed by atoms with Gasteiger partial charge in [-0.25, -0.2) is 9.59 Å². The van der Waals surface area contributed by atoms with Crippen LogP contribution in [-0.2, 0) is 24.9 Å². The molecule has 0 bridgehead atoms. The maximum atomic E-state index is 12.6. The highest BCUT2D eigenvalue weighted by Crippen LogP contribution is 2.38. The molecule has 0 saturated heterocycles. The highest BCUT2D eigenvalue weighted by Gasteiger charge is 2.31. The van der Waals surface area contributed by atoms with Crippen LogP contribution in [0, 0.1) is 0 Å². The van der Waals surface area contributed by atoms with Crippen molar-refractivity contribution in [2.24, 2.45) is 5.73 Å². The lowest BCUT2D eigenvalue weighted by atomic mass is 10.1. The SMILES string of the molecule is N[C@@H](CO)C(=O)N[C@H]1COC(=O)c2c(Cl)cc(Cl)c(O)c2CSC[C@@H](C(=O)O)NC1=O. The second-order valence-electron chi connectivity index (χ2n) is 6.41. The first-order chi connectivity index (χ1) is 14.6. The molecular weight excluding hydrogens is 477 g/mol. The quantitative estimate of drug-likeness (QED) is 0.296. The van der Waals surface area contributed by atoms with E-state index in [0.29, 0.717) is 0 Å². The van der Waals surface area contributed by atoms with Crippen LogP contribution in [0.1, 0.15) is 15.9 Å². The number of ether oxygens (including phenoxy) is 1. The minimum Gasteiger partial charge on any atom is -0.506 e. The minimum atomic E-state index is -1.51. The van der Waals surface area contributed by atoms with E-state index in [2.05, 4.69) is 10.6 Å². The molecule has 2 rings (SSSR count). The van der Waals surface area contributed by atoms with Crippen molar-refractivity contribution in [1.82, 2.24) is 10.6 Å². The minimum absolute atomic E-state index is 0.0337. The number of hydrogen-bond donors (Lipinski definition) is 6. The largest absolute Gasteiger partial charge is 0.506 e. The van der Waals surface area contributed by atoms with Crippen LogP contribution in [0.2, 0.25) is 10.0 Å². The molecule has 7 N–H and O–H groups in total. The van der Waals surface area contributed by atoms with E-state index in [1.54, 1.807) is 0 Å². The van der Waals surface area contributed by atoms with Gasteiger partial charge in [0.05, 0.1) is 22.2 Å². The number of nitrogens with two attached hydrogens (primary N) is 1. The van der Waals surface area contributed by atoms with Gasteiger partial charge in [-0.1, -0.05) is 23.2 Å². The van der Waals surface area contributed by atoms with Crippen LogP contribution in [0.25, 0.3) is 0 Å². The topological polar surface area (TPSA) is 188 Å². The maximum Gasteiger partial charge on any atom is 0.340 e. The van der Waals surface area contributed by atoms with E-state index in [0.717, 1.165) is 17.8 Å². The van der Waals surface area contributed by atoms with E-state index in [1.807, 2.05) is 0 Å². The molecule has 0 saturated carbocycles. The number of rotatable bonds is 4. The molecule has 0 radical (unpaired) electrons. The number of carboxylic acids is 1. The molecule has 1 aliphatic rings. The van der Waals surface area contributed by atoms with Crippen LogP contribution < -0.4 is 16.4 Å². The fourth-order valence-corrected chi connectivity index (χ4v) is 4.17. The number of halogens is 2. The van der Waals surface area contributed by atoms with Crippen molar-refractivity contribution < 1.29 is 39.2 Å². The number of cyclic esters (lactones) is 1. The molecule has 1 heterocycles. The Balaban J connectivity index is 2.42. The molecule has 14 heteroatoms. The second kappa shape index (κ2) is 10.9. The summed E-state index contributed by atoms with van der Waals surface area (Å²) < 4.78 is 5.10. The average Bonchev–Trinajstić information content (AvgIpc) is 2.71. The zero-order valence-electron chi connectivity index (χ0n) is 15.8. The molecule has 0 aromatic heterocycles. The molecule has 0 spiro atoms. The molecule has 31 heavy (non-hydrogen) atoms. The van der Waals surface area contributed by atoms with Crippen LogP contribution >= 0.6 is 35.0 Å². The maximum absolute atomic E-state index is 12.6. The number of phenolic OH excluding ortho intramolecular Hbond substituents is 1. The van der Waals surface area contributed by atoms with Crippen molar-refractivity contribution in [3.8, 4) is 5.75 Å². The number of amides is 2. The molecule has 1 aromatic carbocycles. The molecule has 1 aromatic rings. The zero-order chi connectivity index (χ0) is 23.3. The van der Waals surface area contributed by atoms with Gasteiger partial charge in [0.25, 0.3) is 0 Å². The van der Waals surface area contributed by atoms with Crippen LogP contribution in [0.5, 0.6) is 5.75 Å². The standard InChI is InChI=1S/C17H19Cl2N3O8S/c18-7-1-8(19)13(24)6-4-31-5-11(16(27)28)22-15(26)10(3-30-17(29)12(6)7)21-14(25)9(20)2-23/h1,9-11,23-24H,2-5,20H2,(H,21,25)(H,22,26)(H,27,28)/t9-,10-,11-/m0/s1. The lowest BCUT2D eigenvalue weighted by Crippen LogP contribution is -2.57. The summed E-state index contributed by atoms with van der Waals surface area (Å²) in [6.07, 6.45) is 0. The summed E-state index contributed by atoms with van der Waals surface area (Å²) in [5.74, 6) is -4.82. The number of carbonyl (C=O) groups excluding carboxylic acids is 3. The van der Waals surface area contributed by atoms with Crippen molar-refractivity contribution in [2.75, 3.05) is 19.0 Å². The lowest BCUT2D eigenvalue weighted by Gasteiger charge is -2.24. The second-order valence-corrected chi connectivity index (χ2v) is 8.25. The highest BCUT2D eigenvalue weighted by molar-refractivity contribution is 7.98. The van der Waals surface area contributed by atoms with Gasteiger partial charge in [-0.3, -0.25) is 9.59 Å². The van der Waals surface area contributed by atoms with Crippen LogP contribution in [0.15, 0.2) is 6.07 Å². The van der Waals surface area contributed by atoms with Crippen molar-refractivity contribution in [3.05, 3.63) is 27.2 Å². The number of aliphatic hydroxyl groups excluding tert-OH is 1. The van der Waals surface area contributed by atoms with Gasteiger partial charge in [-0.05, 0) is 6.07 Å². The normalized spacial score (nSPS) is 20.9. The first-order valence-electron chi connectivity index (χ1n) is 8.71. The molecule has 170 valence electrons. The fourth-order valence-electron chi connectivity index (χ4n) is 2.52. The third-order valence-electron chi connectivity index (χ3n) is 4.20. The number of carboxylic acid groups (broad SMARTS) is 1. The van der Waals surface area contributed by atoms with Crippen LogP contribution in [-0.4, -0.2) is 76.2 Å². The van der Waals surface area contributed by atoms with Gasteiger partial charge < -0.3 is 36.4 Å². The van der Waals surface area contributed by atoms with Crippen LogP contribution in [0.4, 0.5) is 0 Å². The van der Waals surface area contributed by atoms with Gasteiger partial charge in [0.15, 0.2) is 0 Å². The number of fused-ring (bicyclic) bond motifs is 1. The van der Waals surface area contributed by atoms with Gasteiger partial charge in [0.1, 0.15) is 30.5 Å². The van der Waals surface area contributed by atoms with Crippen molar-refractivity contribution in [3.63, 3.8) is 0 Å². The van der Waals surface area contributed by atoms with E-state index in [9.17, 15) is 29.4 Å². The number of esters is 1. The number of carbonyl (C=O) groups is 4. The number of thioether (sulfide) groups is 1. The third-order valence-corrected chi connectivity index (χ3v) is 5.85. The van der Waals surface area contributed by atoms with Gasteiger partial charge in [0.2, 0.25) is 11.8 Å². The van der Waals surface area contributed by atoms with Crippen molar-refractivity contribution in [2.45, 2.75) is 23.9 Å². The van der Waals surface area contributed by atoms with Gasteiger partial charge in [0, 0.05) is 17.1 Å². The Morgan fingerprint density at radius 1 is 1.35 bits per heavy atom. The first kappa shape index (κ1) is 25.0. The van der Waals surface area contributed by atoms with Crippen LogP contribution in [0.3, 0.4) is 0 Å². The molecule has 0 fully saturated rings. The predicted octanol–water partition coefficient (Wildman–Crippen LogP) is -0.524. The highest BCUT2D eigenvalue weighted by atomic mass is 35.5.